The molecule has 3 aromatic carbocycles. The molecule has 3 rings (SSSR count). The molecule has 0 aliphatic heterocycles. The summed E-state index contributed by atoms with van der Waals surface area (Å²) in [6.07, 6.45) is 0. The summed E-state index contributed by atoms with van der Waals surface area (Å²) in [7, 11) is -8.46. The predicted molar refractivity (Wildman–Crippen MR) is 109 cm³/mol. The lowest BCUT2D eigenvalue weighted by molar-refractivity contribution is -0.384. The third-order valence-electron chi connectivity index (χ3n) is 3.98. The van der Waals surface area contributed by atoms with Gasteiger partial charge in [0.15, 0.2) is 5.75 Å². The van der Waals surface area contributed by atoms with Crippen LogP contribution >= 0.6 is 0 Å². The van der Waals surface area contributed by atoms with E-state index in [2.05, 4.69) is 4.72 Å². The van der Waals surface area contributed by atoms with Gasteiger partial charge in [-0.1, -0.05) is 35.9 Å². The number of nitrogens with one attached hydrogen (secondary N) is 1. The topological polar surface area (TPSA) is 133 Å². The Morgan fingerprint density at radius 1 is 0.867 bits per heavy atom. The van der Waals surface area contributed by atoms with Crippen LogP contribution in [0.15, 0.2) is 82.6 Å². The van der Waals surface area contributed by atoms with Crippen molar-refractivity contribution in [2.75, 3.05) is 4.72 Å². The smallest absolute Gasteiger partial charge is 0.339 e. The van der Waals surface area contributed by atoms with Gasteiger partial charge in [-0.3, -0.25) is 14.8 Å². The molecule has 0 heterocycles. The number of hydrogen-bond donors (Lipinski definition) is 1. The van der Waals surface area contributed by atoms with Gasteiger partial charge in [-0.25, -0.2) is 8.42 Å². The molecule has 0 aliphatic rings. The molecule has 0 saturated heterocycles. The molecule has 0 aliphatic carbocycles. The Morgan fingerprint density at radius 2 is 1.50 bits per heavy atom. The maximum Gasteiger partial charge on any atom is 0.339 e. The van der Waals surface area contributed by atoms with E-state index in [-0.39, 0.29) is 15.5 Å². The first-order chi connectivity index (χ1) is 14.1. The lowest BCUT2D eigenvalue weighted by Gasteiger charge is -2.14. The van der Waals surface area contributed by atoms with Crippen LogP contribution in [-0.4, -0.2) is 21.8 Å². The van der Waals surface area contributed by atoms with Crippen molar-refractivity contribution >= 4 is 31.5 Å². The first-order valence-corrected chi connectivity index (χ1v) is 11.4. The first kappa shape index (κ1) is 21.3. The second kappa shape index (κ2) is 8.13. The monoisotopic (exact) mass is 448 g/mol. The van der Waals surface area contributed by atoms with Crippen molar-refractivity contribution in [3.05, 3.63) is 88.5 Å². The summed E-state index contributed by atoms with van der Waals surface area (Å²) in [5, 5.41) is 11.1. The highest BCUT2D eigenvalue weighted by atomic mass is 32.2. The fourth-order valence-corrected chi connectivity index (χ4v) is 4.48. The number of nitrogens with zero attached hydrogens (tertiary/aromatic N) is 1. The Balaban J connectivity index is 2.03. The Kier molecular flexibility index (Phi) is 5.76. The van der Waals surface area contributed by atoms with Gasteiger partial charge in [0.25, 0.3) is 15.7 Å². The minimum Gasteiger partial charge on any atom is -0.376 e. The fraction of sp³-hybridized carbons (Fsp3) is 0.0526. The molecule has 0 saturated carbocycles. The minimum absolute atomic E-state index is 0.0664. The van der Waals surface area contributed by atoms with E-state index in [1.807, 2.05) is 0 Å². The molecule has 0 fully saturated rings. The summed E-state index contributed by atoms with van der Waals surface area (Å²) in [5.74, 6) is -0.524. The van der Waals surface area contributed by atoms with Crippen molar-refractivity contribution < 1.29 is 25.9 Å². The second-order valence-electron chi connectivity index (χ2n) is 6.21. The maximum atomic E-state index is 12.7. The fourth-order valence-electron chi connectivity index (χ4n) is 2.45. The maximum absolute atomic E-state index is 12.7. The van der Waals surface area contributed by atoms with Crippen LogP contribution in [0.1, 0.15) is 5.56 Å². The lowest BCUT2D eigenvalue weighted by Crippen LogP contribution is -2.16. The van der Waals surface area contributed by atoms with Crippen molar-refractivity contribution in [2.45, 2.75) is 16.7 Å². The van der Waals surface area contributed by atoms with Gasteiger partial charge in [0, 0.05) is 6.07 Å². The Hall–Kier alpha value is -3.44. The zero-order chi connectivity index (χ0) is 21.9. The van der Waals surface area contributed by atoms with Crippen LogP contribution in [0, 0.1) is 17.0 Å². The summed E-state index contributed by atoms with van der Waals surface area (Å²) >= 11 is 0. The van der Waals surface area contributed by atoms with E-state index in [0.717, 1.165) is 23.8 Å². The predicted octanol–water partition coefficient (Wildman–Crippen LogP) is 3.47. The van der Waals surface area contributed by atoms with Crippen molar-refractivity contribution in [1.29, 1.82) is 0 Å². The van der Waals surface area contributed by atoms with Crippen LogP contribution in [0.4, 0.5) is 11.4 Å². The van der Waals surface area contributed by atoms with E-state index < -0.39 is 36.5 Å². The van der Waals surface area contributed by atoms with Gasteiger partial charge in [-0.2, -0.15) is 8.42 Å². The third-order valence-corrected chi connectivity index (χ3v) is 6.61. The average molecular weight is 448 g/mol. The highest BCUT2D eigenvalue weighted by molar-refractivity contribution is 7.92. The second-order valence-corrected chi connectivity index (χ2v) is 9.44. The minimum atomic E-state index is -4.36. The quantitative estimate of drug-likeness (QED) is 0.332. The average Bonchev–Trinajstić information content (AvgIpc) is 2.70. The molecule has 11 heteroatoms. The van der Waals surface area contributed by atoms with Gasteiger partial charge in [0.05, 0.1) is 21.6 Å². The molecule has 0 bridgehead atoms. The van der Waals surface area contributed by atoms with Crippen LogP contribution in [-0.2, 0) is 20.1 Å². The zero-order valence-electron chi connectivity index (χ0n) is 15.5. The highest BCUT2D eigenvalue weighted by Crippen LogP contribution is 2.33. The van der Waals surface area contributed by atoms with E-state index in [1.165, 1.54) is 36.4 Å². The first-order valence-electron chi connectivity index (χ1n) is 8.46. The van der Waals surface area contributed by atoms with E-state index in [9.17, 15) is 26.9 Å². The number of aryl methyl sites for hydroxylation is 1. The van der Waals surface area contributed by atoms with Gasteiger partial charge in [-0.05, 0) is 37.3 Å². The SMILES string of the molecule is Cc1ccc(S(=O)(=O)Nc2ccc([N+](=O)[O-])cc2OS(=O)(=O)c2ccccc2)cc1. The van der Waals surface area contributed by atoms with Crippen LogP contribution in [0.2, 0.25) is 0 Å². The summed E-state index contributed by atoms with van der Waals surface area (Å²) in [6.45, 7) is 1.79. The molecular formula is C19H16N2O7S2. The van der Waals surface area contributed by atoms with E-state index in [0.29, 0.717) is 0 Å². The standard InChI is InChI=1S/C19H16N2O7S2/c1-14-7-10-16(11-8-14)29(24,25)20-18-12-9-15(21(22)23)13-19(18)28-30(26,27)17-5-3-2-4-6-17/h2-13,20H,1H3. The van der Waals surface area contributed by atoms with Crippen molar-refractivity contribution in [3.8, 4) is 5.75 Å². The Bertz CT molecular complexity index is 1290. The summed E-state index contributed by atoms with van der Waals surface area (Å²) in [4.78, 5) is 10.1. The van der Waals surface area contributed by atoms with Crippen LogP contribution in [0.3, 0.4) is 0 Å². The van der Waals surface area contributed by atoms with Gasteiger partial charge >= 0.3 is 10.1 Å². The number of benzene rings is 3. The molecule has 3 aromatic rings. The van der Waals surface area contributed by atoms with Crippen LogP contribution in [0.5, 0.6) is 5.75 Å². The highest BCUT2D eigenvalue weighted by Gasteiger charge is 2.24. The van der Waals surface area contributed by atoms with Gasteiger partial charge in [0.2, 0.25) is 0 Å². The number of sulfonamides is 1. The van der Waals surface area contributed by atoms with E-state index in [4.69, 9.17) is 4.18 Å². The van der Waals surface area contributed by atoms with Gasteiger partial charge in [0.1, 0.15) is 4.90 Å². The molecule has 156 valence electrons. The van der Waals surface area contributed by atoms with Crippen LogP contribution < -0.4 is 8.91 Å². The number of anilines is 1. The lowest BCUT2D eigenvalue weighted by atomic mass is 10.2. The number of hydrogen-bond acceptors (Lipinski definition) is 7. The van der Waals surface area contributed by atoms with Crippen LogP contribution in [0.25, 0.3) is 0 Å². The molecule has 0 unspecified atom stereocenters. The van der Waals surface area contributed by atoms with Gasteiger partial charge < -0.3 is 4.18 Å². The van der Waals surface area contributed by atoms with E-state index >= 15 is 0 Å². The Labute approximate surface area is 173 Å². The van der Waals surface area contributed by atoms with E-state index in [1.54, 1.807) is 25.1 Å². The number of rotatable bonds is 7. The van der Waals surface area contributed by atoms with Crippen molar-refractivity contribution in [3.63, 3.8) is 0 Å². The Morgan fingerprint density at radius 3 is 2.10 bits per heavy atom. The number of nitro groups is 1. The molecule has 0 atom stereocenters. The molecule has 0 aromatic heterocycles. The molecule has 30 heavy (non-hydrogen) atoms. The third kappa shape index (κ3) is 4.75. The van der Waals surface area contributed by atoms with Crippen molar-refractivity contribution in [1.82, 2.24) is 0 Å². The molecule has 0 radical (unpaired) electrons. The van der Waals surface area contributed by atoms with Gasteiger partial charge in [-0.15, -0.1) is 0 Å². The molecule has 1 N–H and O–H groups in total. The normalized spacial score (nSPS) is 11.6. The molecule has 0 amide bonds. The summed E-state index contributed by atoms with van der Waals surface area (Å²) < 4.78 is 57.7. The summed E-state index contributed by atoms with van der Waals surface area (Å²) in [6, 6.07) is 16.0. The largest absolute Gasteiger partial charge is 0.376 e. The number of non-ortho nitro benzene ring substituents is 1. The molecular weight excluding hydrogens is 432 g/mol. The number of nitro benzene ring substituents is 1. The molecule has 9 nitrogen and oxygen atoms in total. The zero-order valence-corrected chi connectivity index (χ0v) is 17.2. The summed E-state index contributed by atoms with van der Waals surface area (Å²) in [5.41, 5.74) is 0.120. The van der Waals surface area contributed by atoms with Crippen molar-refractivity contribution in [2.24, 2.45) is 0 Å². The molecule has 0 spiro atoms.